The molecule has 0 saturated carbocycles. The van der Waals surface area contributed by atoms with Gasteiger partial charge in [-0.05, 0) is 11.6 Å². The molecule has 0 fully saturated rings. The van der Waals surface area contributed by atoms with E-state index in [9.17, 15) is 15.3 Å². The Hall–Kier alpha value is -2.77. The Labute approximate surface area is 122 Å². The van der Waals surface area contributed by atoms with E-state index in [-0.39, 0.29) is 22.5 Å². The summed E-state index contributed by atoms with van der Waals surface area (Å²) in [6, 6.07) is 10.6. The number of hydrogen-bond donors (Lipinski definition) is 2. The van der Waals surface area contributed by atoms with Crippen LogP contribution in [0.25, 0.3) is 11.1 Å². The first-order valence-electron chi connectivity index (χ1n) is 5.41. The number of halogens is 1. The highest BCUT2D eigenvalue weighted by molar-refractivity contribution is 9.10. The van der Waals surface area contributed by atoms with Crippen molar-refractivity contribution < 1.29 is 0 Å². The number of rotatable bonds is 1. The van der Waals surface area contributed by atoms with E-state index in [0.717, 1.165) is 0 Å². The maximum Gasteiger partial charge on any atom is 0.289 e. The summed E-state index contributed by atoms with van der Waals surface area (Å²) in [6.45, 7) is 0. The molecule has 98 valence electrons. The molecule has 1 heterocycles. The van der Waals surface area contributed by atoms with Crippen molar-refractivity contribution in [1.82, 2.24) is 4.68 Å². The van der Waals surface area contributed by atoms with Gasteiger partial charge in [-0.2, -0.15) is 10.5 Å². The molecule has 0 aliphatic rings. The molecule has 0 spiro atoms. The van der Waals surface area contributed by atoms with E-state index in [4.69, 9.17) is 11.6 Å². The van der Waals surface area contributed by atoms with Gasteiger partial charge in [-0.1, -0.05) is 34.1 Å². The smallest absolute Gasteiger partial charge is 0.289 e. The lowest BCUT2D eigenvalue weighted by molar-refractivity contribution is 0.942. The minimum Gasteiger partial charge on any atom is -0.382 e. The van der Waals surface area contributed by atoms with Gasteiger partial charge in [0.2, 0.25) is 0 Å². The Bertz CT molecular complexity index is 842. The van der Waals surface area contributed by atoms with Crippen molar-refractivity contribution in [3.05, 3.63) is 50.2 Å². The summed E-state index contributed by atoms with van der Waals surface area (Å²) in [6.07, 6.45) is 0. The molecule has 0 unspecified atom stereocenters. The SMILES string of the molecule is N#Cc1c(-c2ccccc2Br)c(C#N)c(=O)n(N)c1N. The first kappa shape index (κ1) is 13.7. The maximum absolute atomic E-state index is 12.0. The lowest BCUT2D eigenvalue weighted by Crippen LogP contribution is -2.33. The number of nitrogen functional groups attached to an aromatic ring is 2. The van der Waals surface area contributed by atoms with E-state index in [1.165, 1.54) is 0 Å². The topological polar surface area (TPSA) is 122 Å². The van der Waals surface area contributed by atoms with Crippen LogP contribution in [-0.2, 0) is 0 Å². The van der Waals surface area contributed by atoms with Crippen LogP contribution in [0.2, 0.25) is 0 Å². The number of hydrogen-bond acceptors (Lipinski definition) is 5. The van der Waals surface area contributed by atoms with Crippen LogP contribution in [0.3, 0.4) is 0 Å². The predicted octanol–water partition coefficient (Wildman–Crippen LogP) is 1.32. The summed E-state index contributed by atoms with van der Waals surface area (Å²) in [5.74, 6) is 5.31. The van der Waals surface area contributed by atoms with Crippen molar-refractivity contribution >= 4 is 21.7 Å². The summed E-state index contributed by atoms with van der Waals surface area (Å²) in [5, 5.41) is 18.5. The fourth-order valence-electron chi connectivity index (χ4n) is 1.86. The van der Waals surface area contributed by atoms with E-state index in [2.05, 4.69) is 15.9 Å². The lowest BCUT2D eigenvalue weighted by atomic mass is 9.96. The van der Waals surface area contributed by atoms with E-state index in [1.54, 1.807) is 30.3 Å². The van der Waals surface area contributed by atoms with Crippen LogP contribution in [0.4, 0.5) is 5.82 Å². The van der Waals surface area contributed by atoms with Crippen molar-refractivity contribution in [1.29, 1.82) is 10.5 Å². The van der Waals surface area contributed by atoms with Crippen LogP contribution in [0.1, 0.15) is 11.1 Å². The first-order valence-corrected chi connectivity index (χ1v) is 6.20. The average Bonchev–Trinajstić information content (AvgIpc) is 2.45. The van der Waals surface area contributed by atoms with Gasteiger partial charge in [-0.15, -0.1) is 0 Å². The number of nitrogens with two attached hydrogens (primary N) is 2. The zero-order valence-corrected chi connectivity index (χ0v) is 11.7. The number of aromatic nitrogens is 1. The summed E-state index contributed by atoms with van der Waals surface area (Å²) in [7, 11) is 0. The van der Waals surface area contributed by atoms with Gasteiger partial charge in [0.1, 0.15) is 29.1 Å². The van der Waals surface area contributed by atoms with Crippen molar-refractivity contribution in [2.45, 2.75) is 0 Å². The molecule has 20 heavy (non-hydrogen) atoms. The summed E-state index contributed by atoms with van der Waals surface area (Å²) < 4.78 is 1.25. The number of nitriles is 2. The number of pyridine rings is 1. The standard InChI is InChI=1S/C13H8BrN5O/c14-10-4-2-1-3-7(10)11-8(5-15)12(17)19(18)13(20)9(11)6-16/h1-4H,17-18H2. The summed E-state index contributed by atoms with van der Waals surface area (Å²) in [5.41, 5.74) is 5.45. The van der Waals surface area contributed by atoms with Crippen LogP contribution in [0, 0.1) is 22.7 Å². The molecule has 1 aromatic carbocycles. The van der Waals surface area contributed by atoms with Gasteiger partial charge in [0.25, 0.3) is 5.56 Å². The highest BCUT2D eigenvalue weighted by atomic mass is 79.9. The van der Waals surface area contributed by atoms with Crippen LogP contribution in [-0.4, -0.2) is 4.68 Å². The zero-order valence-electron chi connectivity index (χ0n) is 10.1. The second-order valence-corrected chi connectivity index (χ2v) is 4.74. The van der Waals surface area contributed by atoms with Crippen LogP contribution in [0.5, 0.6) is 0 Å². The Kier molecular flexibility index (Phi) is 3.47. The van der Waals surface area contributed by atoms with E-state index in [1.807, 2.05) is 6.07 Å². The Morgan fingerprint density at radius 2 is 1.75 bits per heavy atom. The van der Waals surface area contributed by atoms with E-state index < -0.39 is 5.56 Å². The van der Waals surface area contributed by atoms with Crippen LogP contribution < -0.4 is 17.1 Å². The van der Waals surface area contributed by atoms with Crippen molar-refractivity contribution in [3.8, 4) is 23.3 Å². The van der Waals surface area contributed by atoms with Crippen LogP contribution in [0.15, 0.2) is 33.5 Å². The molecule has 0 atom stereocenters. The zero-order chi connectivity index (χ0) is 14.9. The third kappa shape index (κ3) is 1.91. The largest absolute Gasteiger partial charge is 0.382 e. The monoisotopic (exact) mass is 329 g/mol. The predicted molar refractivity (Wildman–Crippen MR) is 77.8 cm³/mol. The molecule has 1 aromatic heterocycles. The first-order chi connectivity index (χ1) is 9.52. The normalized spacial score (nSPS) is 9.75. The Balaban J connectivity index is 3.05. The molecule has 0 radical (unpaired) electrons. The number of nitrogens with zero attached hydrogens (tertiary/aromatic N) is 3. The molecule has 0 aliphatic carbocycles. The molecule has 4 N–H and O–H groups in total. The second-order valence-electron chi connectivity index (χ2n) is 3.89. The Morgan fingerprint density at radius 3 is 2.30 bits per heavy atom. The molecular formula is C13H8BrN5O. The molecule has 0 aliphatic heterocycles. The number of anilines is 1. The van der Waals surface area contributed by atoms with Crippen molar-refractivity contribution in [2.75, 3.05) is 11.6 Å². The van der Waals surface area contributed by atoms with E-state index >= 15 is 0 Å². The van der Waals surface area contributed by atoms with E-state index in [0.29, 0.717) is 14.7 Å². The molecular weight excluding hydrogens is 322 g/mol. The second kappa shape index (κ2) is 5.08. The summed E-state index contributed by atoms with van der Waals surface area (Å²) >= 11 is 3.33. The van der Waals surface area contributed by atoms with Gasteiger partial charge in [0, 0.05) is 10.0 Å². The average molecular weight is 330 g/mol. The van der Waals surface area contributed by atoms with Gasteiger partial charge in [-0.3, -0.25) is 4.79 Å². The lowest BCUT2D eigenvalue weighted by Gasteiger charge is -2.13. The quantitative estimate of drug-likeness (QED) is 0.764. The molecule has 2 rings (SSSR count). The molecule has 0 saturated heterocycles. The van der Waals surface area contributed by atoms with Crippen molar-refractivity contribution in [3.63, 3.8) is 0 Å². The third-order valence-corrected chi connectivity index (χ3v) is 3.51. The minimum atomic E-state index is -0.741. The molecule has 0 bridgehead atoms. The van der Waals surface area contributed by atoms with Gasteiger partial charge >= 0.3 is 0 Å². The fourth-order valence-corrected chi connectivity index (χ4v) is 2.34. The third-order valence-electron chi connectivity index (χ3n) is 2.82. The highest BCUT2D eigenvalue weighted by Crippen LogP contribution is 2.33. The molecule has 0 amide bonds. The number of benzene rings is 1. The fraction of sp³-hybridized carbons (Fsp3) is 0. The Morgan fingerprint density at radius 1 is 1.15 bits per heavy atom. The summed E-state index contributed by atoms with van der Waals surface area (Å²) in [4.78, 5) is 12.0. The highest BCUT2D eigenvalue weighted by Gasteiger charge is 2.21. The van der Waals surface area contributed by atoms with Crippen molar-refractivity contribution in [2.24, 2.45) is 0 Å². The maximum atomic E-state index is 12.0. The molecule has 6 nitrogen and oxygen atoms in total. The van der Waals surface area contributed by atoms with Gasteiger partial charge in [-0.25, -0.2) is 4.68 Å². The van der Waals surface area contributed by atoms with Gasteiger partial charge in [0.05, 0.1) is 0 Å². The molecule has 7 heteroatoms. The van der Waals surface area contributed by atoms with Crippen LogP contribution >= 0.6 is 15.9 Å². The molecule has 2 aromatic rings. The minimum absolute atomic E-state index is 0.00412. The van der Waals surface area contributed by atoms with Gasteiger partial charge < -0.3 is 11.6 Å². The van der Waals surface area contributed by atoms with Gasteiger partial charge in [0.15, 0.2) is 0 Å².